The summed E-state index contributed by atoms with van der Waals surface area (Å²) in [5, 5.41) is 25.6. The van der Waals surface area contributed by atoms with Crippen LogP contribution in [0.25, 0.3) is 27.7 Å². The summed E-state index contributed by atoms with van der Waals surface area (Å²) in [6, 6.07) is 10.2. The number of halogens is 2. The molecule has 1 N–H and O–H groups in total. The minimum atomic E-state index is -2.91. The fraction of sp³-hybridized carbons (Fsp3) is 0.333. The Kier molecular flexibility index (Phi) is 4.35. The molecule has 4 aromatic rings. The lowest BCUT2D eigenvalue weighted by Crippen LogP contribution is -2.52. The summed E-state index contributed by atoms with van der Waals surface area (Å²) in [6.07, 6.45) is 0.718. The van der Waals surface area contributed by atoms with Crippen molar-refractivity contribution in [1.82, 2.24) is 19.6 Å². The van der Waals surface area contributed by atoms with Gasteiger partial charge in [-0.1, -0.05) is 18.2 Å². The van der Waals surface area contributed by atoms with E-state index < -0.39 is 18.2 Å². The van der Waals surface area contributed by atoms with E-state index in [1.807, 2.05) is 17.0 Å². The van der Waals surface area contributed by atoms with Gasteiger partial charge < -0.3 is 10.0 Å². The number of rotatable bonds is 4. The van der Waals surface area contributed by atoms with Gasteiger partial charge in [-0.15, -0.1) is 0 Å². The standard InChI is InChI=1S/C24H20F2N6O/c1-12-19(20-17-5-4-14(13-2-3-13)8-15(17)6-7-28-20)24(31-10-16(33)11-31)32-23(29-12)18(9-27)21(30-32)22(25)26/h4-8,13,16,22,33H,2-3,10-11H2,1H3. The second-order valence-electron chi connectivity index (χ2n) is 8.78. The molecule has 1 aromatic carbocycles. The second-order valence-corrected chi connectivity index (χ2v) is 8.78. The van der Waals surface area contributed by atoms with E-state index in [2.05, 4.69) is 33.3 Å². The number of anilines is 1. The number of aliphatic hydroxyl groups is 1. The third kappa shape index (κ3) is 3.05. The van der Waals surface area contributed by atoms with Gasteiger partial charge in [-0.25, -0.2) is 13.8 Å². The molecule has 1 saturated carbocycles. The maximum atomic E-state index is 13.7. The Morgan fingerprint density at radius 2 is 2.00 bits per heavy atom. The lowest BCUT2D eigenvalue weighted by Gasteiger charge is -2.39. The zero-order valence-corrected chi connectivity index (χ0v) is 17.8. The number of nitrogens with zero attached hydrogens (tertiary/aromatic N) is 6. The van der Waals surface area contributed by atoms with Crippen LogP contribution in [0.4, 0.5) is 14.6 Å². The average molecular weight is 446 g/mol. The topological polar surface area (TPSA) is 90.3 Å². The molecular weight excluding hydrogens is 426 g/mol. The lowest BCUT2D eigenvalue weighted by molar-refractivity contribution is 0.140. The van der Waals surface area contributed by atoms with E-state index in [4.69, 9.17) is 0 Å². The molecule has 1 saturated heterocycles. The normalized spacial score (nSPS) is 16.5. The lowest BCUT2D eigenvalue weighted by atomic mass is 9.99. The number of aryl methyl sites for hydroxylation is 1. The number of β-amino-alcohol motifs (C(OH)–C–C–N with tert-alkyl or cyclic N) is 1. The molecule has 166 valence electrons. The van der Waals surface area contributed by atoms with Gasteiger partial charge in [-0.05, 0) is 42.7 Å². The Labute approximate surface area is 187 Å². The van der Waals surface area contributed by atoms with E-state index in [1.165, 1.54) is 22.9 Å². The minimum Gasteiger partial charge on any atom is -0.389 e. The van der Waals surface area contributed by atoms with Gasteiger partial charge in [0.15, 0.2) is 5.65 Å². The Balaban J connectivity index is 1.65. The fourth-order valence-corrected chi connectivity index (χ4v) is 4.68. The van der Waals surface area contributed by atoms with Crippen LogP contribution in [0, 0.1) is 18.3 Å². The number of fused-ring (bicyclic) bond motifs is 2. The van der Waals surface area contributed by atoms with Crippen molar-refractivity contribution in [3.8, 4) is 17.3 Å². The quantitative estimate of drug-likeness (QED) is 0.507. The monoisotopic (exact) mass is 446 g/mol. The molecule has 2 fully saturated rings. The maximum Gasteiger partial charge on any atom is 0.283 e. The number of alkyl halides is 2. The first kappa shape index (κ1) is 20.0. The highest BCUT2D eigenvalue weighted by molar-refractivity contribution is 5.98. The van der Waals surface area contributed by atoms with Gasteiger partial charge >= 0.3 is 0 Å². The molecule has 0 amide bonds. The maximum absolute atomic E-state index is 13.7. The second kappa shape index (κ2) is 7.18. The van der Waals surface area contributed by atoms with Crippen LogP contribution in [0.3, 0.4) is 0 Å². The van der Waals surface area contributed by atoms with Gasteiger partial charge in [0.05, 0.1) is 23.1 Å². The third-order valence-corrected chi connectivity index (χ3v) is 6.50. The van der Waals surface area contributed by atoms with Gasteiger partial charge in [-0.3, -0.25) is 4.98 Å². The van der Waals surface area contributed by atoms with E-state index in [9.17, 15) is 19.1 Å². The van der Waals surface area contributed by atoms with Crippen LogP contribution in [0.2, 0.25) is 0 Å². The van der Waals surface area contributed by atoms with Crippen molar-refractivity contribution < 1.29 is 13.9 Å². The molecule has 7 nitrogen and oxygen atoms in total. The van der Waals surface area contributed by atoms with Crippen molar-refractivity contribution in [3.63, 3.8) is 0 Å². The van der Waals surface area contributed by atoms with Gasteiger partial charge in [0.25, 0.3) is 6.43 Å². The van der Waals surface area contributed by atoms with E-state index in [0.29, 0.717) is 41.8 Å². The van der Waals surface area contributed by atoms with Gasteiger partial charge in [0.1, 0.15) is 23.1 Å². The van der Waals surface area contributed by atoms with Crippen molar-refractivity contribution in [2.24, 2.45) is 0 Å². The molecule has 0 radical (unpaired) electrons. The number of nitriles is 1. The Hall–Kier alpha value is -3.64. The molecule has 3 aromatic heterocycles. The van der Waals surface area contributed by atoms with Gasteiger partial charge in [0.2, 0.25) is 0 Å². The van der Waals surface area contributed by atoms with Crippen LogP contribution >= 0.6 is 0 Å². The molecule has 1 aliphatic heterocycles. The Morgan fingerprint density at radius 1 is 1.21 bits per heavy atom. The van der Waals surface area contributed by atoms with Gasteiger partial charge in [-0.2, -0.15) is 14.9 Å². The molecule has 0 spiro atoms. The molecule has 4 heterocycles. The summed E-state index contributed by atoms with van der Waals surface area (Å²) in [5.74, 6) is 1.13. The van der Waals surface area contributed by atoms with Crippen molar-refractivity contribution in [1.29, 1.82) is 5.26 Å². The first-order valence-corrected chi connectivity index (χ1v) is 10.9. The number of hydrogen-bond donors (Lipinski definition) is 1. The highest BCUT2D eigenvalue weighted by Gasteiger charge is 2.34. The highest BCUT2D eigenvalue weighted by Crippen LogP contribution is 2.43. The predicted molar refractivity (Wildman–Crippen MR) is 118 cm³/mol. The summed E-state index contributed by atoms with van der Waals surface area (Å²) < 4.78 is 28.6. The summed E-state index contributed by atoms with van der Waals surface area (Å²) in [4.78, 5) is 11.0. The molecule has 33 heavy (non-hydrogen) atoms. The largest absolute Gasteiger partial charge is 0.389 e. The van der Waals surface area contributed by atoms with E-state index in [-0.39, 0.29) is 11.2 Å². The van der Waals surface area contributed by atoms with Crippen LogP contribution < -0.4 is 4.90 Å². The fourth-order valence-electron chi connectivity index (χ4n) is 4.68. The SMILES string of the molecule is Cc1nc2c(C#N)c(C(F)F)nn2c(N2CC(O)C2)c1-c1nccc2cc(C3CC3)ccc12. The van der Waals surface area contributed by atoms with Crippen molar-refractivity contribution in [2.45, 2.75) is 38.2 Å². The zero-order chi connectivity index (χ0) is 22.9. The molecule has 2 aliphatic rings. The van der Waals surface area contributed by atoms with Crippen molar-refractivity contribution >= 4 is 22.2 Å². The summed E-state index contributed by atoms with van der Waals surface area (Å²) in [5.41, 5.74) is 2.45. The minimum absolute atomic E-state index is 0.0849. The molecule has 0 bridgehead atoms. The van der Waals surface area contributed by atoms with Crippen molar-refractivity contribution in [2.75, 3.05) is 18.0 Å². The Bertz CT molecular complexity index is 1460. The van der Waals surface area contributed by atoms with Crippen molar-refractivity contribution in [3.05, 3.63) is 53.0 Å². The van der Waals surface area contributed by atoms with E-state index >= 15 is 0 Å². The highest BCUT2D eigenvalue weighted by atomic mass is 19.3. The van der Waals surface area contributed by atoms with Crippen LogP contribution in [0.15, 0.2) is 30.5 Å². The molecule has 0 atom stereocenters. The summed E-state index contributed by atoms with van der Waals surface area (Å²) >= 11 is 0. The summed E-state index contributed by atoms with van der Waals surface area (Å²) in [7, 11) is 0. The van der Waals surface area contributed by atoms with Crippen LogP contribution in [-0.4, -0.2) is 43.9 Å². The summed E-state index contributed by atoms with van der Waals surface area (Å²) in [6.45, 7) is 2.44. The number of aliphatic hydroxyl groups excluding tert-OH is 1. The van der Waals surface area contributed by atoms with Crippen LogP contribution in [0.5, 0.6) is 0 Å². The number of hydrogen-bond acceptors (Lipinski definition) is 6. The average Bonchev–Trinajstić information content (AvgIpc) is 3.56. The van der Waals surface area contributed by atoms with E-state index in [0.717, 1.165) is 10.8 Å². The van der Waals surface area contributed by atoms with E-state index in [1.54, 1.807) is 13.1 Å². The Morgan fingerprint density at radius 3 is 2.67 bits per heavy atom. The molecular formula is C24H20F2N6O. The number of pyridine rings is 1. The molecule has 9 heteroatoms. The van der Waals surface area contributed by atoms with Gasteiger partial charge in [0, 0.05) is 24.7 Å². The predicted octanol–water partition coefficient (Wildman–Crippen LogP) is 4.12. The first-order chi connectivity index (χ1) is 16.0. The third-order valence-electron chi connectivity index (χ3n) is 6.50. The number of aromatic nitrogens is 4. The molecule has 0 unspecified atom stereocenters. The zero-order valence-electron chi connectivity index (χ0n) is 17.8. The van der Waals surface area contributed by atoms with Crippen LogP contribution in [0.1, 0.15) is 47.7 Å². The number of benzene rings is 1. The molecule has 1 aliphatic carbocycles. The smallest absolute Gasteiger partial charge is 0.283 e. The van der Waals surface area contributed by atoms with Crippen LogP contribution in [-0.2, 0) is 0 Å². The molecule has 6 rings (SSSR count). The first-order valence-electron chi connectivity index (χ1n) is 10.9.